The SMILES string of the molecule is COC[C@H]1C2CC(C2)N1C. The molecule has 0 N–H and O–H groups in total. The van der Waals surface area contributed by atoms with Crippen LogP contribution in [0.5, 0.6) is 0 Å². The molecular formula is C8H15NO. The van der Waals surface area contributed by atoms with E-state index in [2.05, 4.69) is 11.9 Å². The fourth-order valence-electron chi connectivity index (χ4n) is 2.30. The van der Waals surface area contributed by atoms with Gasteiger partial charge in [-0.15, -0.1) is 0 Å². The van der Waals surface area contributed by atoms with Crippen LogP contribution in [0.2, 0.25) is 0 Å². The third-order valence-corrected chi connectivity index (χ3v) is 3.13. The number of methoxy groups -OCH3 is 1. The quantitative estimate of drug-likeness (QED) is 0.562. The predicted molar refractivity (Wildman–Crippen MR) is 39.9 cm³/mol. The molecule has 2 saturated heterocycles. The zero-order valence-electron chi connectivity index (χ0n) is 6.71. The first-order valence-electron chi connectivity index (χ1n) is 4.04. The van der Waals surface area contributed by atoms with E-state index in [1.807, 2.05) is 0 Å². The van der Waals surface area contributed by atoms with Crippen LogP contribution in [0, 0.1) is 5.92 Å². The van der Waals surface area contributed by atoms with Gasteiger partial charge in [-0.2, -0.15) is 0 Å². The standard InChI is InChI=1S/C8H15NO/c1-9-7-3-6(4-7)8(9)5-10-2/h6-8H,3-5H2,1-2H3/t6?,7?,8-/m0/s1. The fourth-order valence-corrected chi connectivity index (χ4v) is 2.30. The third-order valence-electron chi connectivity index (χ3n) is 3.13. The van der Waals surface area contributed by atoms with Gasteiger partial charge in [0.05, 0.1) is 6.61 Å². The lowest BCUT2D eigenvalue weighted by atomic mass is 9.83. The summed E-state index contributed by atoms with van der Waals surface area (Å²) in [6, 6.07) is 1.63. The van der Waals surface area contributed by atoms with Gasteiger partial charge in [-0.1, -0.05) is 0 Å². The van der Waals surface area contributed by atoms with E-state index in [-0.39, 0.29) is 0 Å². The van der Waals surface area contributed by atoms with Crippen LogP contribution in [0.25, 0.3) is 0 Å². The molecule has 3 aliphatic rings. The van der Waals surface area contributed by atoms with E-state index in [0.717, 1.165) is 24.6 Å². The van der Waals surface area contributed by atoms with E-state index in [0.29, 0.717) is 0 Å². The molecule has 0 unspecified atom stereocenters. The summed E-state index contributed by atoms with van der Waals surface area (Å²) >= 11 is 0. The molecule has 2 heteroatoms. The van der Waals surface area contributed by atoms with Crippen molar-refractivity contribution in [3.05, 3.63) is 0 Å². The van der Waals surface area contributed by atoms with Gasteiger partial charge in [-0.25, -0.2) is 0 Å². The van der Waals surface area contributed by atoms with E-state index in [9.17, 15) is 0 Å². The fraction of sp³-hybridized carbons (Fsp3) is 1.00. The monoisotopic (exact) mass is 141 g/mol. The molecular weight excluding hydrogens is 126 g/mol. The summed E-state index contributed by atoms with van der Waals surface area (Å²) in [5.41, 5.74) is 0. The van der Waals surface area contributed by atoms with E-state index in [1.165, 1.54) is 12.8 Å². The number of fused-ring (bicyclic) bond motifs is 1. The Hall–Kier alpha value is -0.0800. The Labute approximate surface area is 62.2 Å². The number of hydrogen-bond acceptors (Lipinski definition) is 2. The number of rotatable bonds is 2. The van der Waals surface area contributed by atoms with Gasteiger partial charge in [-0.3, -0.25) is 4.90 Å². The molecule has 10 heavy (non-hydrogen) atoms. The Morgan fingerprint density at radius 3 is 2.60 bits per heavy atom. The predicted octanol–water partition coefficient (Wildman–Crippen LogP) is 0.725. The molecule has 1 atom stereocenters. The summed E-state index contributed by atoms with van der Waals surface area (Å²) in [4.78, 5) is 2.48. The van der Waals surface area contributed by atoms with Gasteiger partial charge in [-0.05, 0) is 25.8 Å². The maximum absolute atomic E-state index is 5.15. The second-order valence-electron chi connectivity index (χ2n) is 3.57. The highest BCUT2D eigenvalue weighted by molar-refractivity contribution is 5.02. The summed E-state index contributed by atoms with van der Waals surface area (Å²) in [6.07, 6.45) is 2.84. The van der Waals surface area contributed by atoms with Crippen molar-refractivity contribution in [3.63, 3.8) is 0 Å². The molecule has 0 aromatic rings. The van der Waals surface area contributed by atoms with Crippen LogP contribution >= 0.6 is 0 Å². The van der Waals surface area contributed by atoms with E-state index >= 15 is 0 Å². The molecule has 0 radical (unpaired) electrons. The van der Waals surface area contributed by atoms with Gasteiger partial charge >= 0.3 is 0 Å². The zero-order valence-corrected chi connectivity index (χ0v) is 6.71. The van der Waals surface area contributed by atoms with Crippen molar-refractivity contribution in [2.24, 2.45) is 5.92 Å². The van der Waals surface area contributed by atoms with Gasteiger partial charge in [0, 0.05) is 19.2 Å². The highest BCUT2D eigenvalue weighted by Gasteiger charge is 2.48. The molecule has 3 fully saturated rings. The Morgan fingerprint density at radius 1 is 1.50 bits per heavy atom. The van der Waals surface area contributed by atoms with Crippen molar-refractivity contribution in [1.29, 1.82) is 0 Å². The third kappa shape index (κ3) is 0.722. The van der Waals surface area contributed by atoms with Gasteiger partial charge in [0.25, 0.3) is 0 Å². The van der Waals surface area contributed by atoms with Gasteiger partial charge in [0.2, 0.25) is 0 Å². The average molecular weight is 141 g/mol. The Bertz CT molecular complexity index is 131. The molecule has 3 rings (SSSR count). The molecule has 0 spiro atoms. The molecule has 2 heterocycles. The highest BCUT2D eigenvalue weighted by atomic mass is 16.5. The van der Waals surface area contributed by atoms with Gasteiger partial charge < -0.3 is 4.74 Å². The van der Waals surface area contributed by atoms with Crippen molar-refractivity contribution >= 4 is 0 Å². The van der Waals surface area contributed by atoms with Crippen LogP contribution in [-0.2, 0) is 4.74 Å². The van der Waals surface area contributed by atoms with Crippen LogP contribution in [0.4, 0.5) is 0 Å². The molecule has 2 aliphatic heterocycles. The summed E-state index contributed by atoms with van der Waals surface area (Å²) < 4.78 is 5.15. The lowest BCUT2D eigenvalue weighted by Crippen LogP contribution is -2.29. The summed E-state index contributed by atoms with van der Waals surface area (Å²) in [5, 5.41) is 0. The minimum Gasteiger partial charge on any atom is -0.383 e. The zero-order chi connectivity index (χ0) is 7.14. The minimum absolute atomic E-state index is 0.731. The average Bonchev–Trinajstić information content (AvgIpc) is 2.20. The van der Waals surface area contributed by atoms with E-state index < -0.39 is 0 Å². The van der Waals surface area contributed by atoms with Crippen molar-refractivity contribution in [2.45, 2.75) is 24.9 Å². The second-order valence-corrected chi connectivity index (χ2v) is 3.57. The van der Waals surface area contributed by atoms with Crippen LogP contribution in [0.3, 0.4) is 0 Å². The Kier molecular flexibility index (Phi) is 1.46. The van der Waals surface area contributed by atoms with E-state index in [4.69, 9.17) is 4.74 Å². The maximum atomic E-state index is 5.15. The summed E-state index contributed by atoms with van der Waals surface area (Å²) in [5.74, 6) is 0.954. The van der Waals surface area contributed by atoms with Crippen LogP contribution in [0.1, 0.15) is 12.8 Å². The molecule has 2 nitrogen and oxygen atoms in total. The number of nitrogens with zero attached hydrogens (tertiary/aromatic N) is 1. The molecule has 0 aromatic carbocycles. The van der Waals surface area contributed by atoms with Gasteiger partial charge in [0.15, 0.2) is 0 Å². The molecule has 1 aliphatic carbocycles. The first-order chi connectivity index (χ1) is 4.83. The molecule has 0 amide bonds. The van der Waals surface area contributed by atoms with Crippen LogP contribution < -0.4 is 0 Å². The van der Waals surface area contributed by atoms with Crippen molar-refractivity contribution in [3.8, 4) is 0 Å². The number of likely N-dealkylation sites (N-methyl/N-ethyl adjacent to an activating group) is 1. The number of hydrogen-bond donors (Lipinski definition) is 0. The number of ether oxygens (including phenoxy) is 1. The second kappa shape index (κ2) is 2.21. The topological polar surface area (TPSA) is 12.5 Å². The van der Waals surface area contributed by atoms with E-state index in [1.54, 1.807) is 7.11 Å². The first kappa shape index (κ1) is 6.62. The van der Waals surface area contributed by atoms with Crippen molar-refractivity contribution in [2.75, 3.05) is 20.8 Å². The maximum Gasteiger partial charge on any atom is 0.0620 e. The molecule has 58 valence electrons. The molecule has 0 aromatic heterocycles. The summed E-state index contributed by atoms with van der Waals surface area (Å²) in [7, 11) is 4.02. The Morgan fingerprint density at radius 2 is 2.20 bits per heavy atom. The largest absolute Gasteiger partial charge is 0.383 e. The normalized spacial score (nSPS) is 45.6. The molecule has 1 saturated carbocycles. The lowest BCUT2D eigenvalue weighted by Gasteiger charge is -2.22. The lowest BCUT2D eigenvalue weighted by molar-refractivity contribution is 0.127. The highest BCUT2D eigenvalue weighted by Crippen LogP contribution is 2.44. The minimum atomic E-state index is 0.731. The first-order valence-corrected chi connectivity index (χ1v) is 4.04. The smallest absolute Gasteiger partial charge is 0.0620 e. The Balaban J connectivity index is 1.96. The summed E-state index contributed by atoms with van der Waals surface area (Å²) in [6.45, 7) is 0.928. The van der Waals surface area contributed by atoms with Crippen LogP contribution in [0.15, 0.2) is 0 Å². The van der Waals surface area contributed by atoms with Crippen LogP contribution in [-0.4, -0.2) is 37.7 Å². The van der Waals surface area contributed by atoms with Gasteiger partial charge in [0.1, 0.15) is 0 Å². The van der Waals surface area contributed by atoms with Crippen molar-refractivity contribution in [1.82, 2.24) is 4.90 Å². The van der Waals surface area contributed by atoms with Crippen molar-refractivity contribution < 1.29 is 4.74 Å². The molecule has 2 bridgehead atoms.